The molecule has 2 rings (SSSR count). The Bertz CT molecular complexity index is 610. The predicted molar refractivity (Wildman–Crippen MR) is 96.5 cm³/mol. The van der Waals surface area contributed by atoms with Gasteiger partial charge < -0.3 is 14.4 Å². The summed E-state index contributed by atoms with van der Waals surface area (Å²) in [5.74, 6) is 0.796. The molecular weight excluding hydrogens is 376 g/mol. The van der Waals surface area contributed by atoms with Gasteiger partial charge in [0.1, 0.15) is 11.4 Å². The largest absolute Gasteiger partial charge is 0.443 e. The molecule has 7 nitrogen and oxygen atoms in total. The number of aromatic nitrogens is 1. The second kappa shape index (κ2) is 7.85. The van der Waals surface area contributed by atoms with Crippen LogP contribution in [-0.2, 0) is 9.47 Å². The zero-order valence-electron chi connectivity index (χ0n) is 14.2. The highest BCUT2D eigenvalue weighted by molar-refractivity contribution is 9.10. The Morgan fingerprint density at radius 2 is 2.04 bits per heavy atom. The van der Waals surface area contributed by atoms with Gasteiger partial charge >= 0.3 is 6.09 Å². The number of anilines is 1. The molecule has 1 fully saturated rings. The van der Waals surface area contributed by atoms with Crippen molar-refractivity contribution in [1.29, 1.82) is 0 Å². The normalized spacial score (nSPS) is 14.9. The lowest BCUT2D eigenvalue weighted by Gasteiger charge is -2.30. The van der Waals surface area contributed by atoms with Crippen molar-refractivity contribution in [2.75, 3.05) is 31.2 Å². The van der Waals surface area contributed by atoms with Crippen molar-refractivity contribution in [3.8, 4) is 0 Å². The van der Waals surface area contributed by atoms with Crippen LogP contribution < -0.4 is 15.8 Å². The molecule has 0 saturated carbocycles. The highest BCUT2D eigenvalue weighted by atomic mass is 79.9. The van der Waals surface area contributed by atoms with Gasteiger partial charge in [-0.3, -0.25) is 5.43 Å². The van der Waals surface area contributed by atoms with Gasteiger partial charge in [-0.1, -0.05) is 6.58 Å². The molecule has 0 unspecified atom stereocenters. The summed E-state index contributed by atoms with van der Waals surface area (Å²) in [7, 11) is 0. The minimum Gasteiger partial charge on any atom is -0.443 e. The van der Waals surface area contributed by atoms with Gasteiger partial charge in [-0.15, -0.1) is 0 Å². The Morgan fingerprint density at radius 3 is 2.67 bits per heavy atom. The molecule has 0 spiro atoms. The number of pyridine rings is 1. The summed E-state index contributed by atoms with van der Waals surface area (Å²) in [4.78, 5) is 18.4. The third kappa shape index (κ3) is 5.38. The Kier molecular flexibility index (Phi) is 6.06. The van der Waals surface area contributed by atoms with E-state index in [9.17, 15) is 4.79 Å². The van der Waals surface area contributed by atoms with E-state index in [1.165, 1.54) is 0 Å². The summed E-state index contributed by atoms with van der Waals surface area (Å²) in [5, 5.41) is 0. The van der Waals surface area contributed by atoms with Crippen molar-refractivity contribution in [2.24, 2.45) is 0 Å². The molecule has 0 atom stereocenters. The first kappa shape index (κ1) is 18.5. The van der Waals surface area contributed by atoms with Crippen molar-refractivity contribution >= 4 is 33.5 Å². The van der Waals surface area contributed by atoms with Crippen LogP contribution in [0.1, 0.15) is 26.3 Å². The Balaban J connectivity index is 2.07. The molecular formula is C16H23BrN4O3. The van der Waals surface area contributed by atoms with Crippen LogP contribution in [0.3, 0.4) is 0 Å². The van der Waals surface area contributed by atoms with Gasteiger partial charge in [0.25, 0.3) is 0 Å². The van der Waals surface area contributed by atoms with Gasteiger partial charge in [0, 0.05) is 29.3 Å². The fourth-order valence-corrected chi connectivity index (χ4v) is 2.51. The van der Waals surface area contributed by atoms with E-state index in [1.807, 2.05) is 6.07 Å². The van der Waals surface area contributed by atoms with Gasteiger partial charge in [-0.05, 0) is 42.8 Å². The van der Waals surface area contributed by atoms with E-state index < -0.39 is 11.7 Å². The maximum absolute atomic E-state index is 11.8. The molecule has 0 bridgehead atoms. The molecule has 0 aliphatic carbocycles. The van der Waals surface area contributed by atoms with Crippen molar-refractivity contribution in [3.63, 3.8) is 0 Å². The lowest BCUT2D eigenvalue weighted by molar-refractivity contribution is 0.0511. The standard InChI is InChI=1S/C16H23BrN4O3/c1-11(19-20-15(22)24-16(2,3)4)13-9-12(17)10-18-14(13)21-5-7-23-8-6-21/h9-10,19H,1,5-8H2,2-4H3,(H,20,22). The molecule has 1 aromatic heterocycles. The maximum atomic E-state index is 11.8. The first-order chi connectivity index (χ1) is 11.3. The van der Waals surface area contributed by atoms with Gasteiger partial charge in [0.05, 0.1) is 18.9 Å². The van der Waals surface area contributed by atoms with Crippen LogP contribution in [0.5, 0.6) is 0 Å². The van der Waals surface area contributed by atoms with Gasteiger partial charge in [0.2, 0.25) is 0 Å². The molecule has 1 saturated heterocycles. The number of rotatable bonds is 4. The number of nitrogens with one attached hydrogen (secondary N) is 2. The van der Waals surface area contributed by atoms with Crippen LogP contribution in [0.4, 0.5) is 10.6 Å². The van der Waals surface area contributed by atoms with Crippen molar-refractivity contribution in [2.45, 2.75) is 26.4 Å². The molecule has 1 aromatic rings. The number of hydrogen-bond acceptors (Lipinski definition) is 6. The average Bonchev–Trinajstić information content (AvgIpc) is 2.51. The van der Waals surface area contributed by atoms with E-state index in [0.29, 0.717) is 18.9 Å². The number of ether oxygens (including phenoxy) is 2. The molecule has 2 heterocycles. The summed E-state index contributed by atoms with van der Waals surface area (Å²) < 4.78 is 11.4. The highest BCUT2D eigenvalue weighted by Crippen LogP contribution is 2.26. The van der Waals surface area contributed by atoms with E-state index >= 15 is 0 Å². The van der Waals surface area contributed by atoms with Crippen LogP contribution in [-0.4, -0.2) is 43.0 Å². The van der Waals surface area contributed by atoms with Crippen LogP contribution in [0, 0.1) is 0 Å². The third-order valence-electron chi connectivity index (χ3n) is 3.18. The number of carbonyl (C=O) groups excluding carboxylic acids is 1. The summed E-state index contributed by atoms with van der Waals surface area (Å²) in [6, 6.07) is 1.91. The minimum atomic E-state index is -0.570. The zero-order valence-corrected chi connectivity index (χ0v) is 15.8. The van der Waals surface area contributed by atoms with E-state index in [-0.39, 0.29) is 0 Å². The Labute approximate surface area is 150 Å². The molecule has 2 N–H and O–H groups in total. The summed E-state index contributed by atoms with van der Waals surface area (Å²) in [5.41, 5.74) is 6.03. The third-order valence-corrected chi connectivity index (χ3v) is 3.62. The monoisotopic (exact) mass is 398 g/mol. The van der Waals surface area contributed by atoms with Gasteiger partial charge in [0.15, 0.2) is 0 Å². The predicted octanol–water partition coefficient (Wildman–Crippen LogP) is 2.68. The molecule has 1 aliphatic heterocycles. The van der Waals surface area contributed by atoms with E-state index in [0.717, 1.165) is 28.9 Å². The smallest absolute Gasteiger partial charge is 0.426 e. The molecule has 0 aromatic carbocycles. The number of halogens is 1. The number of carbonyl (C=O) groups is 1. The fraction of sp³-hybridized carbons (Fsp3) is 0.500. The first-order valence-corrected chi connectivity index (χ1v) is 8.48. The molecule has 0 radical (unpaired) electrons. The van der Waals surface area contributed by atoms with E-state index in [1.54, 1.807) is 27.0 Å². The number of hydrazine groups is 1. The van der Waals surface area contributed by atoms with Crippen LogP contribution in [0.15, 0.2) is 23.3 Å². The molecule has 8 heteroatoms. The van der Waals surface area contributed by atoms with Crippen molar-refractivity contribution in [1.82, 2.24) is 15.8 Å². The molecule has 24 heavy (non-hydrogen) atoms. The molecule has 1 amide bonds. The lowest BCUT2D eigenvalue weighted by Crippen LogP contribution is -2.41. The number of morpholine rings is 1. The molecule has 1 aliphatic rings. The van der Waals surface area contributed by atoms with Crippen molar-refractivity contribution in [3.05, 3.63) is 28.9 Å². The summed E-state index contributed by atoms with van der Waals surface area (Å²) >= 11 is 3.42. The van der Waals surface area contributed by atoms with Gasteiger partial charge in [-0.2, -0.15) is 0 Å². The van der Waals surface area contributed by atoms with Gasteiger partial charge in [-0.25, -0.2) is 15.2 Å². The topological polar surface area (TPSA) is 75.7 Å². The minimum absolute atomic E-state index is 0.524. The van der Waals surface area contributed by atoms with Crippen LogP contribution in [0.25, 0.3) is 5.70 Å². The fourth-order valence-electron chi connectivity index (χ4n) is 2.18. The average molecular weight is 399 g/mol. The van der Waals surface area contributed by atoms with Crippen LogP contribution >= 0.6 is 15.9 Å². The lowest BCUT2D eigenvalue weighted by atomic mass is 10.2. The maximum Gasteiger partial charge on any atom is 0.426 e. The quantitative estimate of drug-likeness (QED) is 0.759. The number of hydrogen-bond donors (Lipinski definition) is 2. The summed E-state index contributed by atoms with van der Waals surface area (Å²) in [6.07, 6.45) is 1.17. The van der Waals surface area contributed by atoms with Crippen LogP contribution in [0.2, 0.25) is 0 Å². The number of amides is 1. The highest BCUT2D eigenvalue weighted by Gasteiger charge is 2.19. The Hall–Kier alpha value is -1.80. The second-order valence-electron chi connectivity index (χ2n) is 6.35. The van der Waals surface area contributed by atoms with E-state index in [4.69, 9.17) is 9.47 Å². The Morgan fingerprint density at radius 1 is 1.38 bits per heavy atom. The zero-order chi connectivity index (χ0) is 17.7. The number of nitrogens with zero attached hydrogens (tertiary/aromatic N) is 2. The SMILES string of the molecule is C=C(NNC(=O)OC(C)(C)C)c1cc(Br)cnc1N1CCOCC1. The second-order valence-corrected chi connectivity index (χ2v) is 7.27. The molecule has 132 valence electrons. The summed E-state index contributed by atoms with van der Waals surface area (Å²) in [6.45, 7) is 12.2. The van der Waals surface area contributed by atoms with Crippen molar-refractivity contribution < 1.29 is 14.3 Å². The van der Waals surface area contributed by atoms with E-state index in [2.05, 4.69) is 43.2 Å². The first-order valence-electron chi connectivity index (χ1n) is 7.69.